The molecule has 198 valence electrons. The number of nitrogens with zero attached hydrogens (tertiary/aromatic N) is 1. The molecular weight excluding hydrogens is 441 g/mol. The van der Waals surface area contributed by atoms with Gasteiger partial charge in [-0.15, -0.1) is 0 Å². The van der Waals surface area contributed by atoms with Crippen LogP contribution in [0.2, 0.25) is 0 Å². The molecule has 1 aromatic rings. The monoisotopic (exact) mass is 487 g/mol. The van der Waals surface area contributed by atoms with E-state index in [0.717, 1.165) is 12.8 Å². The normalized spacial score (nSPS) is 12.2. The molecule has 0 fully saturated rings. The van der Waals surface area contributed by atoms with Crippen LogP contribution in [0.1, 0.15) is 81.6 Å². The Morgan fingerprint density at radius 3 is 2.12 bits per heavy atom. The summed E-state index contributed by atoms with van der Waals surface area (Å²) >= 11 is 0. The predicted molar refractivity (Wildman–Crippen MR) is 131 cm³/mol. The summed E-state index contributed by atoms with van der Waals surface area (Å²) in [4.78, 5) is 12.3. The van der Waals surface area contributed by atoms with Gasteiger partial charge in [-0.25, -0.2) is 9.18 Å². The molecule has 0 aliphatic rings. The second kappa shape index (κ2) is 22.0. The van der Waals surface area contributed by atoms with Crippen LogP contribution in [0.4, 0.5) is 4.39 Å². The van der Waals surface area contributed by atoms with Crippen molar-refractivity contribution in [2.75, 3.05) is 52.9 Å². The van der Waals surface area contributed by atoms with E-state index in [4.69, 9.17) is 24.1 Å². The number of hydrogen-bond donors (Lipinski definition) is 1. The molecule has 1 rings (SSSR count). The second-order valence-corrected chi connectivity index (χ2v) is 8.43. The van der Waals surface area contributed by atoms with E-state index in [1.807, 2.05) is 0 Å². The van der Waals surface area contributed by atoms with Gasteiger partial charge in [0.25, 0.3) is 0 Å². The highest BCUT2D eigenvalue weighted by Crippen LogP contribution is 2.15. The number of esters is 1. The zero-order chi connectivity index (χ0) is 24.7. The third-order valence-electron chi connectivity index (χ3n) is 5.53. The molecular formula is C26H46FNO6. The summed E-state index contributed by atoms with van der Waals surface area (Å²) in [6.07, 6.45) is 11.6. The number of unbranched alkanes of at least 4 members (excludes halogenated alkanes) is 7. The molecule has 0 spiro atoms. The second-order valence-electron chi connectivity index (χ2n) is 8.43. The Labute approximate surface area is 204 Å². The number of aliphatic hydroxyl groups excluding tert-OH is 1. The number of halogens is 1. The number of carbonyl (C=O) groups is 1. The van der Waals surface area contributed by atoms with Gasteiger partial charge in [0.15, 0.2) is 0 Å². The van der Waals surface area contributed by atoms with Crippen LogP contribution in [0.15, 0.2) is 18.3 Å². The standard InChI is InChI=1S/C26H46FNO6/c1-2-3-4-5-6-7-8-9-11-24(27)13-15-28-14-10-12-25(28)26(30)34-23-22-33-21-20-32-19-18-31-17-16-29/h10,12,14,24,29H,2-9,11,13,15-23H2,1H3. The Kier molecular flexibility index (Phi) is 19.8. The molecule has 34 heavy (non-hydrogen) atoms. The van der Waals surface area contributed by atoms with Crippen molar-refractivity contribution in [3.63, 3.8) is 0 Å². The van der Waals surface area contributed by atoms with E-state index in [-0.39, 0.29) is 19.8 Å². The molecule has 1 N–H and O–H groups in total. The molecule has 1 heterocycles. The molecule has 0 amide bonds. The van der Waals surface area contributed by atoms with Gasteiger partial charge in [-0.2, -0.15) is 0 Å². The van der Waals surface area contributed by atoms with Crippen molar-refractivity contribution in [2.45, 2.75) is 83.8 Å². The highest BCUT2D eigenvalue weighted by molar-refractivity contribution is 5.87. The third kappa shape index (κ3) is 16.2. The van der Waals surface area contributed by atoms with E-state index in [1.54, 1.807) is 22.9 Å². The fourth-order valence-corrected chi connectivity index (χ4v) is 3.59. The highest BCUT2D eigenvalue weighted by atomic mass is 19.1. The van der Waals surface area contributed by atoms with E-state index in [1.165, 1.54) is 38.5 Å². The Morgan fingerprint density at radius 1 is 0.882 bits per heavy atom. The SMILES string of the molecule is CCCCCCCCCCC(F)CCn1cccc1C(=O)OCCOCCOCCOCCO. The number of aliphatic hydroxyl groups is 1. The van der Waals surface area contributed by atoms with Gasteiger partial charge >= 0.3 is 5.97 Å². The van der Waals surface area contributed by atoms with Gasteiger partial charge in [-0.05, 0) is 25.0 Å². The van der Waals surface area contributed by atoms with Gasteiger partial charge in [-0.1, -0.05) is 58.3 Å². The summed E-state index contributed by atoms with van der Waals surface area (Å²) in [5, 5.41) is 8.58. The largest absolute Gasteiger partial charge is 0.459 e. The first kappa shape index (κ1) is 30.6. The molecule has 1 atom stereocenters. The first-order chi connectivity index (χ1) is 16.7. The average molecular weight is 488 g/mol. The van der Waals surface area contributed by atoms with E-state index in [9.17, 15) is 9.18 Å². The molecule has 0 saturated heterocycles. The summed E-state index contributed by atoms with van der Waals surface area (Å²) in [7, 11) is 0. The average Bonchev–Trinajstić information content (AvgIpc) is 3.31. The van der Waals surface area contributed by atoms with Crippen LogP contribution in [0.5, 0.6) is 0 Å². The summed E-state index contributed by atoms with van der Waals surface area (Å²) < 4.78 is 37.1. The lowest BCUT2D eigenvalue weighted by atomic mass is 10.1. The minimum Gasteiger partial charge on any atom is -0.459 e. The number of ether oxygens (including phenoxy) is 4. The van der Waals surface area contributed by atoms with Crippen molar-refractivity contribution in [1.29, 1.82) is 0 Å². The molecule has 0 aliphatic carbocycles. The number of aromatic nitrogens is 1. The van der Waals surface area contributed by atoms with E-state index in [2.05, 4.69) is 6.92 Å². The zero-order valence-electron chi connectivity index (χ0n) is 21.1. The fraction of sp³-hybridized carbons (Fsp3) is 0.808. The van der Waals surface area contributed by atoms with Crippen molar-refractivity contribution >= 4 is 5.97 Å². The van der Waals surface area contributed by atoms with Crippen LogP contribution in [0.3, 0.4) is 0 Å². The van der Waals surface area contributed by atoms with Crippen molar-refractivity contribution in [1.82, 2.24) is 4.57 Å². The Bertz CT molecular complexity index is 598. The first-order valence-electron chi connectivity index (χ1n) is 13.0. The highest BCUT2D eigenvalue weighted by Gasteiger charge is 2.14. The topological polar surface area (TPSA) is 79.2 Å². The van der Waals surface area contributed by atoms with Crippen LogP contribution in [0.25, 0.3) is 0 Å². The summed E-state index contributed by atoms with van der Waals surface area (Å²) in [5.74, 6) is -0.427. The molecule has 0 radical (unpaired) electrons. The minimum atomic E-state index is -0.844. The van der Waals surface area contributed by atoms with Crippen LogP contribution in [-0.4, -0.2) is 74.7 Å². The van der Waals surface area contributed by atoms with Crippen molar-refractivity contribution in [2.24, 2.45) is 0 Å². The Morgan fingerprint density at radius 2 is 1.47 bits per heavy atom. The number of carbonyl (C=O) groups excluding carboxylic acids is 1. The Balaban J connectivity index is 2.07. The van der Waals surface area contributed by atoms with Gasteiger partial charge < -0.3 is 28.6 Å². The number of hydrogen-bond acceptors (Lipinski definition) is 6. The minimum absolute atomic E-state index is 0.00226. The van der Waals surface area contributed by atoms with E-state index in [0.29, 0.717) is 58.1 Å². The number of alkyl halides is 1. The number of rotatable bonds is 24. The molecule has 0 aliphatic heterocycles. The number of aryl methyl sites for hydroxylation is 1. The van der Waals surface area contributed by atoms with E-state index < -0.39 is 12.1 Å². The molecule has 1 unspecified atom stereocenters. The van der Waals surface area contributed by atoms with Crippen LogP contribution in [-0.2, 0) is 25.5 Å². The van der Waals surface area contributed by atoms with E-state index >= 15 is 0 Å². The lowest BCUT2D eigenvalue weighted by Crippen LogP contribution is -2.17. The molecule has 0 aromatic carbocycles. The zero-order valence-corrected chi connectivity index (χ0v) is 21.1. The summed E-state index contributed by atoms with van der Waals surface area (Å²) in [6, 6.07) is 3.47. The van der Waals surface area contributed by atoms with Gasteiger partial charge in [0, 0.05) is 12.7 Å². The van der Waals surface area contributed by atoms with Gasteiger partial charge in [0.05, 0.1) is 46.2 Å². The third-order valence-corrected chi connectivity index (χ3v) is 5.53. The summed E-state index contributed by atoms with van der Waals surface area (Å²) in [5.41, 5.74) is 0.436. The fourth-order valence-electron chi connectivity index (χ4n) is 3.59. The van der Waals surface area contributed by atoms with Crippen molar-refractivity contribution in [3.05, 3.63) is 24.0 Å². The molecule has 1 aromatic heterocycles. The predicted octanol–water partition coefficient (Wildman–Crippen LogP) is 4.95. The smallest absolute Gasteiger partial charge is 0.355 e. The van der Waals surface area contributed by atoms with Crippen molar-refractivity contribution < 1.29 is 33.2 Å². The molecule has 8 heteroatoms. The van der Waals surface area contributed by atoms with Gasteiger partial charge in [-0.3, -0.25) is 0 Å². The van der Waals surface area contributed by atoms with Crippen LogP contribution >= 0.6 is 0 Å². The maximum atomic E-state index is 14.3. The first-order valence-corrected chi connectivity index (χ1v) is 13.0. The van der Waals surface area contributed by atoms with Gasteiger partial charge in [0.1, 0.15) is 18.5 Å². The summed E-state index contributed by atoms with van der Waals surface area (Å²) in [6.45, 7) is 5.10. The molecule has 0 bridgehead atoms. The van der Waals surface area contributed by atoms with Gasteiger partial charge in [0.2, 0.25) is 0 Å². The maximum Gasteiger partial charge on any atom is 0.355 e. The molecule has 0 saturated carbocycles. The van der Waals surface area contributed by atoms with Crippen LogP contribution < -0.4 is 0 Å². The quantitative estimate of drug-likeness (QED) is 0.164. The maximum absolute atomic E-state index is 14.3. The molecule has 7 nitrogen and oxygen atoms in total. The van der Waals surface area contributed by atoms with Crippen LogP contribution in [0, 0.1) is 0 Å². The lowest BCUT2D eigenvalue weighted by Gasteiger charge is -2.12. The Hall–Kier alpha value is -1.48. The van der Waals surface area contributed by atoms with Crippen molar-refractivity contribution in [3.8, 4) is 0 Å². The lowest BCUT2D eigenvalue weighted by molar-refractivity contribution is -0.00337.